The molecule has 0 radical (unpaired) electrons. The van der Waals surface area contributed by atoms with Crippen LogP contribution in [0.1, 0.15) is 55.1 Å². The predicted octanol–water partition coefficient (Wildman–Crippen LogP) is 4.72. The molecule has 0 heterocycles. The Bertz CT molecular complexity index is 724. The van der Waals surface area contributed by atoms with Gasteiger partial charge in [-0.15, -0.1) is 0 Å². The summed E-state index contributed by atoms with van der Waals surface area (Å²) in [5, 5.41) is 0. The molecule has 0 bridgehead atoms. The van der Waals surface area contributed by atoms with Crippen LogP contribution < -0.4 is 4.74 Å². The molecular formula is C22H26O5. The monoisotopic (exact) mass is 370 g/mol. The normalized spacial score (nSPS) is 12.7. The third-order valence-electron chi connectivity index (χ3n) is 4.19. The SMILES string of the molecule is CCCCC(OC(=O)C(C)OC(=O)c1ccccc1)c1ccc(OC)cc1. The Morgan fingerprint density at radius 1 is 0.963 bits per heavy atom. The van der Waals surface area contributed by atoms with Gasteiger partial charge in [0.25, 0.3) is 0 Å². The Morgan fingerprint density at radius 3 is 2.22 bits per heavy atom. The highest BCUT2D eigenvalue weighted by Gasteiger charge is 2.24. The number of hydrogen-bond donors (Lipinski definition) is 0. The lowest BCUT2D eigenvalue weighted by Crippen LogP contribution is -2.27. The minimum Gasteiger partial charge on any atom is -0.497 e. The zero-order valence-corrected chi connectivity index (χ0v) is 16.0. The van der Waals surface area contributed by atoms with Crippen LogP contribution in [0.25, 0.3) is 0 Å². The number of carbonyl (C=O) groups is 2. The van der Waals surface area contributed by atoms with Crippen LogP contribution in [-0.4, -0.2) is 25.2 Å². The van der Waals surface area contributed by atoms with Crippen LogP contribution in [-0.2, 0) is 14.3 Å². The maximum absolute atomic E-state index is 12.5. The van der Waals surface area contributed by atoms with Crippen LogP contribution in [0, 0.1) is 0 Å². The van der Waals surface area contributed by atoms with E-state index in [-0.39, 0.29) is 6.10 Å². The highest BCUT2D eigenvalue weighted by Crippen LogP contribution is 2.26. The van der Waals surface area contributed by atoms with Crippen LogP contribution in [0.4, 0.5) is 0 Å². The van der Waals surface area contributed by atoms with Gasteiger partial charge in [0, 0.05) is 0 Å². The summed E-state index contributed by atoms with van der Waals surface area (Å²) < 4.78 is 16.1. The van der Waals surface area contributed by atoms with Crippen molar-refractivity contribution < 1.29 is 23.8 Å². The quantitative estimate of drug-likeness (QED) is 0.598. The summed E-state index contributed by atoms with van der Waals surface area (Å²) in [7, 11) is 1.60. The van der Waals surface area contributed by atoms with Crippen molar-refractivity contribution >= 4 is 11.9 Å². The van der Waals surface area contributed by atoms with E-state index in [0.29, 0.717) is 12.0 Å². The van der Waals surface area contributed by atoms with Gasteiger partial charge < -0.3 is 14.2 Å². The minimum atomic E-state index is -0.986. The molecule has 0 aliphatic carbocycles. The van der Waals surface area contributed by atoms with Gasteiger partial charge in [-0.05, 0) is 49.6 Å². The molecule has 2 unspecified atom stereocenters. The fourth-order valence-corrected chi connectivity index (χ4v) is 2.59. The molecule has 0 spiro atoms. The molecule has 144 valence electrons. The van der Waals surface area contributed by atoms with Gasteiger partial charge in [0.05, 0.1) is 12.7 Å². The lowest BCUT2D eigenvalue weighted by Gasteiger charge is -2.21. The topological polar surface area (TPSA) is 61.8 Å². The molecule has 2 aromatic rings. The van der Waals surface area contributed by atoms with Crippen molar-refractivity contribution in [2.45, 2.75) is 45.3 Å². The standard InChI is InChI=1S/C22H26O5/c1-4-5-11-20(17-12-14-19(25-3)15-13-17)27-21(23)16(2)26-22(24)18-9-7-6-8-10-18/h6-10,12-16,20H,4-5,11H2,1-3H3. The van der Waals surface area contributed by atoms with E-state index >= 15 is 0 Å². The van der Waals surface area contributed by atoms with Crippen LogP contribution >= 0.6 is 0 Å². The van der Waals surface area contributed by atoms with Crippen molar-refractivity contribution in [3.05, 3.63) is 65.7 Å². The van der Waals surface area contributed by atoms with Crippen molar-refractivity contribution in [3.63, 3.8) is 0 Å². The highest BCUT2D eigenvalue weighted by molar-refractivity contribution is 5.91. The Labute approximate surface area is 160 Å². The number of rotatable bonds is 9. The van der Waals surface area contributed by atoms with E-state index in [1.807, 2.05) is 30.3 Å². The smallest absolute Gasteiger partial charge is 0.347 e. The first-order chi connectivity index (χ1) is 13.0. The van der Waals surface area contributed by atoms with E-state index in [2.05, 4.69) is 6.92 Å². The van der Waals surface area contributed by atoms with Gasteiger partial charge in [-0.1, -0.05) is 43.7 Å². The molecule has 0 aromatic heterocycles. The van der Waals surface area contributed by atoms with Crippen LogP contribution in [0.2, 0.25) is 0 Å². The number of ether oxygens (including phenoxy) is 3. The van der Waals surface area contributed by atoms with E-state index in [0.717, 1.165) is 24.2 Å². The zero-order valence-electron chi connectivity index (χ0n) is 16.0. The maximum Gasteiger partial charge on any atom is 0.347 e. The first kappa shape index (κ1) is 20.5. The molecule has 27 heavy (non-hydrogen) atoms. The Balaban J connectivity index is 2.02. The molecule has 0 amide bonds. The lowest BCUT2D eigenvalue weighted by molar-refractivity contribution is -0.159. The average Bonchev–Trinajstić information content (AvgIpc) is 2.71. The molecule has 0 aliphatic rings. The number of carbonyl (C=O) groups excluding carboxylic acids is 2. The number of unbranched alkanes of at least 4 members (excludes halogenated alkanes) is 1. The molecule has 2 rings (SSSR count). The van der Waals surface area contributed by atoms with Gasteiger partial charge in [-0.3, -0.25) is 0 Å². The lowest BCUT2D eigenvalue weighted by atomic mass is 10.0. The van der Waals surface area contributed by atoms with Crippen LogP contribution in [0.5, 0.6) is 5.75 Å². The fraction of sp³-hybridized carbons (Fsp3) is 0.364. The minimum absolute atomic E-state index is 0.388. The van der Waals surface area contributed by atoms with Gasteiger partial charge in [0.1, 0.15) is 11.9 Å². The summed E-state index contributed by atoms with van der Waals surface area (Å²) in [5.41, 5.74) is 1.29. The van der Waals surface area contributed by atoms with Crippen molar-refractivity contribution in [1.82, 2.24) is 0 Å². The van der Waals surface area contributed by atoms with E-state index in [1.54, 1.807) is 31.4 Å². The Morgan fingerprint density at radius 2 is 1.63 bits per heavy atom. The van der Waals surface area contributed by atoms with Gasteiger partial charge in [0.15, 0.2) is 6.10 Å². The summed E-state index contributed by atoms with van der Waals surface area (Å²) in [6.07, 6.45) is 1.24. The van der Waals surface area contributed by atoms with E-state index in [1.165, 1.54) is 6.92 Å². The molecule has 0 N–H and O–H groups in total. The fourth-order valence-electron chi connectivity index (χ4n) is 2.59. The molecule has 5 heteroatoms. The summed E-state index contributed by atoms with van der Waals surface area (Å²) in [6, 6.07) is 16.0. The van der Waals surface area contributed by atoms with Crippen molar-refractivity contribution in [2.75, 3.05) is 7.11 Å². The average molecular weight is 370 g/mol. The number of methoxy groups -OCH3 is 1. The van der Waals surface area contributed by atoms with Crippen molar-refractivity contribution in [1.29, 1.82) is 0 Å². The molecule has 5 nitrogen and oxygen atoms in total. The molecule has 0 saturated carbocycles. The summed E-state index contributed by atoms with van der Waals surface area (Å²) in [6.45, 7) is 3.60. The van der Waals surface area contributed by atoms with Gasteiger partial charge in [0.2, 0.25) is 0 Å². The van der Waals surface area contributed by atoms with E-state index in [9.17, 15) is 9.59 Å². The highest BCUT2D eigenvalue weighted by atomic mass is 16.6. The predicted molar refractivity (Wildman–Crippen MR) is 103 cm³/mol. The molecule has 0 saturated heterocycles. The second-order valence-electron chi connectivity index (χ2n) is 6.25. The van der Waals surface area contributed by atoms with E-state index < -0.39 is 18.0 Å². The molecular weight excluding hydrogens is 344 g/mol. The third-order valence-corrected chi connectivity index (χ3v) is 4.19. The number of esters is 2. The molecule has 0 aliphatic heterocycles. The zero-order chi connectivity index (χ0) is 19.6. The molecule has 0 fully saturated rings. The summed E-state index contributed by atoms with van der Waals surface area (Å²) in [4.78, 5) is 24.6. The van der Waals surface area contributed by atoms with Crippen molar-refractivity contribution in [2.24, 2.45) is 0 Å². The summed E-state index contributed by atoms with van der Waals surface area (Å²) >= 11 is 0. The second kappa shape index (κ2) is 10.4. The Hall–Kier alpha value is -2.82. The largest absolute Gasteiger partial charge is 0.497 e. The second-order valence-corrected chi connectivity index (χ2v) is 6.25. The Kier molecular flexibility index (Phi) is 7.86. The van der Waals surface area contributed by atoms with Crippen LogP contribution in [0.3, 0.4) is 0 Å². The number of hydrogen-bond acceptors (Lipinski definition) is 5. The molecule has 2 aromatic carbocycles. The van der Waals surface area contributed by atoms with Gasteiger partial charge >= 0.3 is 11.9 Å². The third kappa shape index (κ3) is 6.13. The van der Waals surface area contributed by atoms with Crippen molar-refractivity contribution in [3.8, 4) is 5.75 Å². The van der Waals surface area contributed by atoms with E-state index in [4.69, 9.17) is 14.2 Å². The van der Waals surface area contributed by atoms with Crippen LogP contribution in [0.15, 0.2) is 54.6 Å². The van der Waals surface area contributed by atoms with Gasteiger partial charge in [-0.2, -0.15) is 0 Å². The maximum atomic E-state index is 12.5. The first-order valence-corrected chi connectivity index (χ1v) is 9.15. The first-order valence-electron chi connectivity index (χ1n) is 9.15. The number of benzene rings is 2. The molecule has 2 atom stereocenters. The van der Waals surface area contributed by atoms with Gasteiger partial charge in [-0.25, -0.2) is 9.59 Å². The summed E-state index contributed by atoms with van der Waals surface area (Å²) in [5.74, 6) is -0.365.